The fourth-order valence-electron chi connectivity index (χ4n) is 1.34. The van der Waals surface area contributed by atoms with E-state index in [9.17, 15) is 12.8 Å². The van der Waals surface area contributed by atoms with Gasteiger partial charge in [-0.2, -0.15) is 0 Å². The zero-order valence-electron chi connectivity index (χ0n) is 9.27. The summed E-state index contributed by atoms with van der Waals surface area (Å²) < 4.78 is 40.9. The van der Waals surface area contributed by atoms with Crippen LogP contribution in [0.5, 0.6) is 0 Å². The van der Waals surface area contributed by atoms with E-state index in [1.165, 1.54) is 18.3 Å². The van der Waals surface area contributed by atoms with Gasteiger partial charge in [-0.25, -0.2) is 17.8 Å². The van der Waals surface area contributed by atoms with Crippen molar-refractivity contribution in [3.05, 3.63) is 51.3 Å². The lowest BCUT2D eigenvalue weighted by atomic mass is 10.3. The number of anilines is 1. The second-order valence-electron chi connectivity index (χ2n) is 3.51. The fourth-order valence-corrected chi connectivity index (χ4v) is 3.24. The van der Waals surface area contributed by atoms with E-state index in [4.69, 9.17) is 0 Å². The first kappa shape index (κ1) is 14.4. The van der Waals surface area contributed by atoms with Crippen molar-refractivity contribution in [2.45, 2.75) is 4.90 Å². The van der Waals surface area contributed by atoms with Crippen molar-refractivity contribution < 1.29 is 12.8 Å². The van der Waals surface area contributed by atoms with Crippen molar-refractivity contribution in [3.8, 4) is 0 Å². The van der Waals surface area contributed by atoms with Crippen molar-refractivity contribution >= 4 is 47.7 Å². The van der Waals surface area contributed by atoms with Crippen molar-refractivity contribution in [2.24, 2.45) is 0 Å². The number of sulfonamides is 1. The van der Waals surface area contributed by atoms with E-state index in [0.717, 1.165) is 6.07 Å². The molecule has 0 aliphatic carbocycles. The number of aromatic nitrogens is 1. The summed E-state index contributed by atoms with van der Waals surface area (Å²) in [7, 11) is -4.02. The Kier molecular flexibility index (Phi) is 4.22. The number of pyridine rings is 1. The first-order valence-corrected chi connectivity index (χ1v) is 8.05. The highest BCUT2D eigenvalue weighted by molar-refractivity contribution is 9.10. The second-order valence-corrected chi connectivity index (χ2v) is 6.93. The maximum absolute atomic E-state index is 13.7. The molecule has 8 heteroatoms. The lowest BCUT2D eigenvalue weighted by molar-refractivity contribution is 0.569. The van der Waals surface area contributed by atoms with E-state index < -0.39 is 20.7 Å². The monoisotopic (exact) mass is 408 g/mol. The van der Waals surface area contributed by atoms with Gasteiger partial charge in [-0.05, 0) is 46.3 Å². The van der Waals surface area contributed by atoms with E-state index in [1.807, 2.05) is 0 Å². The number of nitrogens with zero attached hydrogens (tertiary/aromatic N) is 1. The molecule has 4 nitrogen and oxygen atoms in total. The zero-order valence-corrected chi connectivity index (χ0v) is 13.3. The predicted octanol–water partition coefficient (Wildman–Crippen LogP) is 3.55. The number of hydrogen-bond acceptors (Lipinski definition) is 3. The molecule has 0 fully saturated rings. The third-order valence-corrected chi connectivity index (χ3v) is 4.68. The quantitative estimate of drug-likeness (QED) is 0.843. The Morgan fingerprint density at radius 2 is 1.95 bits per heavy atom. The van der Waals surface area contributed by atoms with Crippen LogP contribution in [0.3, 0.4) is 0 Å². The molecule has 0 aliphatic rings. The standard InChI is InChI=1S/C11H7Br2FN2O2S/c12-7-3-4-10(9(14)6-7)19(17,18)16-11-8(13)2-1-5-15-11/h1-6H,(H,15,16). The van der Waals surface area contributed by atoms with Gasteiger partial charge in [0.15, 0.2) is 5.82 Å². The molecule has 0 spiro atoms. The van der Waals surface area contributed by atoms with Gasteiger partial charge in [-0.15, -0.1) is 0 Å². The van der Waals surface area contributed by atoms with Crippen molar-refractivity contribution in [1.82, 2.24) is 4.98 Å². The van der Waals surface area contributed by atoms with Gasteiger partial charge in [0.05, 0.1) is 4.47 Å². The summed E-state index contributed by atoms with van der Waals surface area (Å²) >= 11 is 6.23. The van der Waals surface area contributed by atoms with Crippen molar-refractivity contribution in [1.29, 1.82) is 0 Å². The number of rotatable bonds is 3. The van der Waals surface area contributed by atoms with E-state index in [0.29, 0.717) is 8.95 Å². The minimum Gasteiger partial charge on any atom is -0.262 e. The topological polar surface area (TPSA) is 59.1 Å². The average Bonchev–Trinajstić information content (AvgIpc) is 2.31. The van der Waals surface area contributed by atoms with Gasteiger partial charge in [0.1, 0.15) is 10.7 Å². The molecule has 1 heterocycles. The van der Waals surface area contributed by atoms with Gasteiger partial charge in [0, 0.05) is 10.7 Å². The molecule has 0 amide bonds. The van der Waals surface area contributed by atoms with Gasteiger partial charge in [0.25, 0.3) is 10.0 Å². The first-order valence-electron chi connectivity index (χ1n) is 4.98. The molecule has 1 aromatic carbocycles. The Bertz CT molecular complexity index is 722. The summed E-state index contributed by atoms with van der Waals surface area (Å²) in [5.41, 5.74) is 0. The van der Waals surface area contributed by atoms with Crippen molar-refractivity contribution in [2.75, 3.05) is 4.72 Å². The molecule has 0 saturated carbocycles. The fraction of sp³-hybridized carbons (Fsp3) is 0. The predicted molar refractivity (Wildman–Crippen MR) is 76.8 cm³/mol. The number of hydrogen-bond donors (Lipinski definition) is 1. The molecule has 19 heavy (non-hydrogen) atoms. The van der Waals surface area contributed by atoms with Crippen LogP contribution in [0.1, 0.15) is 0 Å². The van der Waals surface area contributed by atoms with E-state index in [-0.39, 0.29) is 5.82 Å². The Balaban J connectivity index is 2.41. The molecule has 0 saturated heterocycles. The van der Waals surface area contributed by atoms with Gasteiger partial charge in [-0.3, -0.25) is 4.72 Å². The Hall–Kier alpha value is -0.990. The molecule has 0 radical (unpaired) electrons. The van der Waals surface area contributed by atoms with Gasteiger partial charge in [-0.1, -0.05) is 15.9 Å². The highest BCUT2D eigenvalue weighted by Gasteiger charge is 2.20. The van der Waals surface area contributed by atoms with Crippen LogP contribution < -0.4 is 4.72 Å². The third-order valence-electron chi connectivity index (χ3n) is 2.17. The van der Waals surface area contributed by atoms with E-state index >= 15 is 0 Å². The smallest absolute Gasteiger partial charge is 0.262 e. The van der Waals surface area contributed by atoms with Crippen LogP contribution in [0.25, 0.3) is 0 Å². The average molecular weight is 410 g/mol. The molecule has 0 aliphatic heterocycles. The Labute approximate surface area is 126 Å². The Morgan fingerprint density at radius 3 is 2.58 bits per heavy atom. The van der Waals surface area contributed by atoms with Crippen LogP contribution in [-0.2, 0) is 10.0 Å². The molecular weight excluding hydrogens is 403 g/mol. The minimum atomic E-state index is -4.02. The summed E-state index contributed by atoms with van der Waals surface area (Å²) in [6, 6.07) is 6.98. The number of benzene rings is 1. The number of nitrogens with one attached hydrogen (secondary N) is 1. The van der Waals surface area contributed by atoms with Crippen molar-refractivity contribution in [3.63, 3.8) is 0 Å². The van der Waals surface area contributed by atoms with Crippen LogP contribution in [0.2, 0.25) is 0 Å². The summed E-state index contributed by atoms with van der Waals surface area (Å²) in [6.07, 6.45) is 1.43. The molecule has 0 bridgehead atoms. The van der Waals surface area contributed by atoms with Crippen LogP contribution in [0.15, 0.2) is 50.4 Å². The SMILES string of the molecule is O=S(=O)(Nc1ncccc1Br)c1ccc(Br)cc1F. The molecule has 0 atom stereocenters. The van der Waals surface area contributed by atoms with Gasteiger partial charge >= 0.3 is 0 Å². The van der Waals surface area contributed by atoms with Crippen LogP contribution >= 0.6 is 31.9 Å². The molecule has 2 rings (SSSR count). The summed E-state index contributed by atoms with van der Waals surface area (Å²) in [5, 5.41) is 0. The highest BCUT2D eigenvalue weighted by atomic mass is 79.9. The van der Waals surface area contributed by atoms with E-state index in [2.05, 4.69) is 41.6 Å². The summed E-state index contributed by atoms with van der Waals surface area (Å²) in [5.74, 6) is -0.737. The lowest BCUT2D eigenvalue weighted by Gasteiger charge is -2.09. The van der Waals surface area contributed by atoms with Gasteiger partial charge in [0.2, 0.25) is 0 Å². The van der Waals surface area contributed by atoms with Gasteiger partial charge < -0.3 is 0 Å². The molecule has 100 valence electrons. The molecular formula is C11H7Br2FN2O2S. The maximum Gasteiger partial charge on any atom is 0.265 e. The highest BCUT2D eigenvalue weighted by Crippen LogP contribution is 2.24. The van der Waals surface area contributed by atoms with Crippen LogP contribution in [0.4, 0.5) is 10.2 Å². The van der Waals surface area contributed by atoms with Crippen LogP contribution in [-0.4, -0.2) is 13.4 Å². The molecule has 0 unspecified atom stereocenters. The van der Waals surface area contributed by atoms with Crippen LogP contribution in [0, 0.1) is 5.82 Å². The Morgan fingerprint density at radius 1 is 1.21 bits per heavy atom. The lowest BCUT2D eigenvalue weighted by Crippen LogP contribution is -2.15. The van der Waals surface area contributed by atoms with E-state index in [1.54, 1.807) is 12.1 Å². The minimum absolute atomic E-state index is 0.102. The molecule has 2 aromatic rings. The zero-order chi connectivity index (χ0) is 14.0. The molecule has 1 aromatic heterocycles. The summed E-state index contributed by atoms with van der Waals surface area (Å²) in [6.45, 7) is 0. The molecule has 1 N–H and O–H groups in total. The summed E-state index contributed by atoms with van der Waals surface area (Å²) in [4.78, 5) is 3.43. The second kappa shape index (κ2) is 5.56. The third kappa shape index (κ3) is 3.31. The number of halogens is 3. The first-order chi connectivity index (χ1) is 8.90. The maximum atomic E-state index is 13.7. The largest absolute Gasteiger partial charge is 0.265 e. The normalized spacial score (nSPS) is 11.3.